The van der Waals surface area contributed by atoms with Crippen LogP contribution in [0.4, 0.5) is 0 Å². The Morgan fingerprint density at radius 2 is 1.90 bits per heavy atom. The largest absolute Gasteiger partial charge is 0.382 e. The van der Waals surface area contributed by atoms with Gasteiger partial charge in [0, 0.05) is 13.2 Å². The summed E-state index contributed by atoms with van der Waals surface area (Å²) in [5.74, 6) is 0. The van der Waals surface area contributed by atoms with Crippen molar-refractivity contribution in [1.82, 2.24) is 0 Å². The molecular formula is C7H17NO2. The van der Waals surface area contributed by atoms with Crippen LogP contribution in [0, 0.1) is 0 Å². The Labute approximate surface area is 62.5 Å². The Hall–Kier alpha value is -0.120. The molecule has 0 saturated heterocycles. The zero-order valence-corrected chi connectivity index (χ0v) is 6.96. The predicted molar refractivity (Wildman–Crippen MR) is 40.9 cm³/mol. The lowest BCUT2D eigenvalue weighted by Gasteiger charge is -2.15. The van der Waals surface area contributed by atoms with Crippen LogP contribution >= 0.6 is 0 Å². The van der Waals surface area contributed by atoms with Gasteiger partial charge in [-0.2, -0.15) is 0 Å². The van der Waals surface area contributed by atoms with Crippen LogP contribution < -0.4 is 5.73 Å². The van der Waals surface area contributed by atoms with E-state index < -0.39 is 0 Å². The number of hydrogen-bond donors (Lipinski definition) is 1. The Kier molecular flexibility index (Phi) is 5.58. The minimum absolute atomic E-state index is 0.0943. The van der Waals surface area contributed by atoms with Gasteiger partial charge in [-0.3, -0.25) is 0 Å². The van der Waals surface area contributed by atoms with E-state index in [2.05, 4.69) is 0 Å². The smallest absolute Gasteiger partial charge is 0.0704 e. The molecule has 0 aliphatic rings. The maximum atomic E-state index is 5.55. The highest BCUT2D eigenvalue weighted by molar-refractivity contribution is 4.61. The molecule has 0 radical (unpaired) electrons. The minimum atomic E-state index is 0.0943. The molecule has 2 atom stereocenters. The van der Waals surface area contributed by atoms with E-state index in [0.717, 1.165) is 0 Å². The van der Waals surface area contributed by atoms with Gasteiger partial charge in [0.1, 0.15) is 0 Å². The number of nitrogens with two attached hydrogens (primary N) is 1. The topological polar surface area (TPSA) is 44.5 Å². The van der Waals surface area contributed by atoms with E-state index in [1.165, 1.54) is 0 Å². The molecule has 10 heavy (non-hydrogen) atoms. The molecule has 1 unspecified atom stereocenters. The monoisotopic (exact) mass is 147 g/mol. The molecule has 0 aliphatic heterocycles. The van der Waals surface area contributed by atoms with Gasteiger partial charge in [-0.25, -0.2) is 0 Å². The first-order valence-electron chi connectivity index (χ1n) is 3.54. The van der Waals surface area contributed by atoms with Crippen molar-refractivity contribution >= 4 is 0 Å². The quantitative estimate of drug-likeness (QED) is 0.572. The first-order valence-corrected chi connectivity index (χ1v) is 3.54. The Bertz CT molecular complexity index is 76.0. The van der Waals surface area contributed by atoms with Crippen molar-refractivity contribution in [3.63, 3.8) is 0 Å². The second-order valence-corrected chi connectivity index (χ2v) is 2.43. The van der Waals surface area contributed by atoms with E-state index in [1.54, 1.807) is 7.11 Å². The summed E-state index contributed by atoms with van der Waals surface area (Å²) >= 11 is 0. The van der Waals surface area contributed by atoms with Gasteiger partial charge in [0.25, 0.3) is 0 Å². The second kappa shape index (κ2) is 5.65. The van der Waals surface area contributed by atoms with Gasteiger partial charge >= 0.3 is 0 Å². The highest BCUT2D eigenvalue weighted by atomic mass is 16.5. The van der Waals surface area contributed by atoms with Crippen molar-refractivity contribution < 1.29 is 9.47 Å². The highest BCUT2D eigenvalue weighted by Crippen LogP contribution is 1.93. The summed E-state index contributed by atoms with van der Waals surface area (Å²) in [5.41, 5.74) is 5.55. The summed E-state index contributed by atoms with van der Waals surface area (Å²) in [5, 5.41) is 0. The van der Waals surface area contributed by atoms with Gasteiger partial charge < -0.3 is 15.2 Å². The molecule has 0 aromatic carbocycles. The molecule has 0 aliphatic carbocycles. The van der Waals surface area contributed by atoms with Crippen LogP contribution in [0.5, 0.6) is 0 Å². The van der Waals surface area contributed by atoms with Crippen LogP contribution in [0.2, 0.25) is 0 Å². The van der Waals surface area contributed by atoms with Gasteiger partial charge in [0.15, 0.2) is 0 Å². The maximum absolute atomic E-state index is 5.55. The van der Waals surface area contributed by atoms with Crippen molar-refractivity contribution in [3.8, 4) is 0 Å². The molecule has 3 heteroatoms. The molecular weight excluding hydrogens is 130 g/mol. The number of methoxy groups -OCH3 is 1. The van der Waals surface area contributed by atoms with Crippen molar-refractivity contribution in [2.75, 3.05) is 20.3 Å². The van der Waals surface area contributed by atoms with Crippen LogP contribution in [0.15, 0.2) is 0 Å². The Morgan fingerprint density at radius 1 is 1.30 bits per heavy atom. The van der Waals surface area contributed by atoms with Gasteiger partial charge in [0.05, 0.1) is 19.3 Å². The predicted octanol–water partition coefficient (Wildman–Crippen LogP) is 0.385. The molecule has 2 N–H and O–H groups in total. The highest BCUT2D eigenvalue weighted by Gasteiger charge is 2.05. The van der Waals surface area contributed by atoms with E-state index in [4.69, 9.17) is 15.2 Å². The Balaban J connectivity index is 3.13. The van der Waals surface area contributed by atoms with E-state index in [1.807, 2.05) is 13.8 Å². The molecule has 0 heterocycles. The van der Waals surface area contributed by atoms with Crippen LogP contribution in [0.1, 0.15) is 13.8 Å². The minimum Gasteiger partial charge on any atom is -0.382 e. The van der Waals surface area contributed by atoms with Gasteiger partial charge in [-0.1, -0.05) is 0 Å². The van der Waals surface area contributed by atoms with E-state index in [-0.39, 0.29) is 12.1 Å². The molecule has 3 nitrogen and oxygen atoms in total. The third kappa shape index (κ3) is 4.73. The summed E-state index contributed by atoms with van der Waals surface area (Å²) in [6.07, 6.45) is 0.121. The van der Waals surface area contributed by atoms with E-state index in [9.17, 15) is 0 Å². The number of ether oxygens (including phenoxy) is 2. The van der Waals surface area contributed by atoms with Crippen LogP contribution in [-0.4, -0.2) is 32.5 Å². The third-order valence-corrected chi connectivity index (χ3v) is 1.41. The first-order chi connectivity index (χ1) is 4.68. The number of hydrogen-bond acceptors (Lipinski definition) is 3. The molecule has 0 saturated carbocycles. The number of rotatable bonds is 5. The van der Waals surface area contributed by atoms with Crippen molar-refractivity contribution in [2.45, 2.75) is 26.0 Å². The first kappa shape index (κ1) is 9.88. The van der Waals surface area contributed by atoms with Crippen molar-refractivity contribution in [2.24, 2.45) is 5.73 Å². The molecule has 0 rings (SSSR count). The van der Waals surface area contributed by atoms with Gasteiger partial charge in [0.2, 0.25) is 0 Å². The molecule has 0 fully saturated rings. The van der Waals surface area contributed by atoms with Gasteiger partial charge in [-0.05, 0) is 13.8 Å². The average molecular weight is 147 g/mol. The van der Waals surface area contributed by atoms with Crippen LogP contribution in [0.3, 0.4) is 0 Å². The van der Waals surface area contributed by atoms with Crippen LogP contribution in [-0.2, 0) is 9.47 Å². The Morgan fingerprint density at radius 3 is 2.30 bits per heavy atom. The summed E-state index contributed by atoms with van der Waals surface area (Å²) in [4.78, 5) is 0. The zero-order valence-electron chi connectivity index (χ0n) is 6.96. The molecule has 62 valence electrons. The van der Waals surface area contributed by atoms with Crippen molar-refractivity contribution in [1.29, 1.82) is 0 Å². The molecule has 0 amide bonds. The SMILES string of the molecule is COCCOC(C)[C@@H](C)N. The molecule has 0 aromatic rings. The summed E-state index contributed by atoms with van der Waals surface area (Å²) in [6.45, 7) is 5.15. The zero-order chi connectivity index (χ0) is 7.98. The average Bonchev–Trinajstić information content (AvgIpc) is 1.88. The second-order valence-electron chi connectivity index (χ2n) is 2.43. The van der Waals surface area contributed by atoms with Crippen molar-refractivity contribution in [3.05, 3.63) is 0 Å². The lowest BCUT2D eigenvalue weighted by molar-refractivity contribution is 0.0170. The summed E-state index contributed by atoms with van der Waals surface area (Å²) < 4.78 is 10.1. The van der Waals surface area contributed by atoms with Gasteiger partial charge in [-0.15, -0.1) is 0 Å². The fourth-order valence-electron chi connectivity index (χ4n) is 0.469. The third-order valence-electron chi connectivity index (χ3n) is 1.41. The normalized spacial score (nSPS) is 16.8. The lowest BCUT2D eigenvalue weighted by atomic mass is 10.2. The fraction of sp³-hybridized carbons (Fsp3) is 1.00. The molecule has 0 spiro atoms. The summed E-state index contributed by atoms with van der Waals surface area (Å²) in [7, 11) is 1.65. The summed E-state index contributed by atoms with van der Waals surface area (Å²) in [6, 6.07) is 0.0943. The fourth-order valence-corrected chi connectivity index (χ4v) is 0.469. The van der Waals surface area contributed by atoms with Crippen LogP contribution in [0.25, 0.3) is 0 Å². The molecule has 0 aromatic heterocycles. The standard InChI is InChI=1S/C7H17NO2/c1-6(8)7(2)10-5-4-9-3/h6-7H,4-5,8H2,1-3H3/t6-,7?/m1/s1. The van der Waals surface area contributed by atoms with E-state index in [0.29, 0.717) is 13.2 Å². The molecule has 0 bridgehead atoms. The maximum Gasteiger partial charge on any atom is 0.0704 e. The van der Waals surface area contributed by atoms with E-state index >= 15 is 0 Å². The lowest BCUT2D eigenvalue weighted by Crippen LogP contribution is -2.32.